The van der Waals surface area contributed by atoms with Crippen LogP contribution in [0.4, 0.5) is 0 Å². The number of hydrogen-bond acceptors (Lipinski definition) is 2. The van der Waals surface area contributed by atoms with Crippen LogP contribution in [0.3, 0.4) is 0 Å². The Hall–Kier alpha value is -1.42. The first kappa shape index (κ1) is 12.0. The van der Waals surface area contributed by atoms with Crippen molar-refractivity contribution in [1.82, 2.24) is 10.6 Å². The van der Waals surface area contributed by atoms with Gasteiger partial charge in [0.15, 0.2) is 5.11 Å². The van der Waals surface area contributed by atoms with Crippen LogP contribution in [0.5, 0.6) is 0 Å². The zero-order valence-corrected chi connectivity index (χ0v) is 10.8. The number of nitrogens with one attached hydrogen (secondary N) is 2. The molecule has 0 aromatic heterocycles. The summed E-state index contributed by atoms with van der Waals surface area (Å²) in [5.74, 6) is 0.344. The number of carbonyl (C=O) groups excluding carboxylic acids is 1. The molecule has 0 saturated carbocycles. The fourth-order valence-electron chi connectivity index (χ4n) is 2.29. The van der Waals surface area contributed by atoms with Crippen LogP contribution in [-0.4, -0.2) is 11.0 Å². The van der Waals surface area contributed by atoms with Crippen LogP contribution in [-0.2, 0) is 10.3 Å². The largest absolute Gasteiger partial charge is 0.344 e. The van der Waals surface area contributed by atoms with Crippen molar-refractivity contribution < 1.29 is 4.79 Å². The molecule has 1 heterocycles. The van der Waals surface area contributed by atoms with Crippen molar-refractivity contribution in [3.63, 3.8) is 0 Å². The summed E-state index contributed by atoms with van der Waals surface area (Å²) in [7, 11) is 0. The van der Waals surface area contributed by atoms with Gasteiger partial charge in [-0.15, -0.1) is 0 Å². The van der Waals surface area contributed by atoms with E-state index in [0.29, 0.717) is 11.0 Å². The maximum Gasteiger partial charge on any atom is 0.256 e. The quantitative estimate of drug-likeness (QED) is 0.803. The number of amides is 1. The molecular formula is C13H16N2OS. The predicted molar refractivity (Wildman–Crippen MR) is 71.5 cm³/mol. The van der Waals surface area contributed by atoms with Crippen molar-refractivity contribution in [1.29, 1.82) is 0 Å². The van der Waals surface area contributed by atoms with Crippen LogP contribution in [0.25, 0.3) is 0 Å². The lowest BCUT2D eigenvalue weighted by atomic mass is 9.82. The molecule has 4 heteroatoms. The highest BCUT2D eigenvalue weighted by molar-refractivity contribution is 7.80. The molecule has 90 valence electrons. The van der Waals surface area contributed by atoms with Crippen molar-refractivity contribution in [2.24, 2.45) is 5.92 Å². The number of carbonyl (C=O) groups is 1. The van der Waals surface area contributed by atoms with E-state index in [0.717, 1.165) is 12.0 Å². The van der Waals surface area contributed by atoms with E-state index in [1.54, 1.807) is 0 Å². The van der Waals surface area contributed by atoms with E-state index < -0.39 is 5.54 Å². The minimum absolute atomic E-state index is 0.0533. The third-order valence-electron chi connectivity index (χ3n) is 2.92. The second-order valence-electron chi connectivity index (χ2n) is 4.78. The molecule has 1 unspecified atom stereocenters. The van der Waals surface area contributed by atoms with E-state index in [1.807, 2.05) is 30.3 Å². The SMILES string of the molecule is CC(C)CC1(c2ccccc2)NC(=S)NC1=O. The average molecular weight is 248 g/mol. The molecule has 0 radical (unpaired) electrons. The molecule has 1 aromatic rings. The molecule has 1 atom stereocenters. The van der Waals surface area contributed by atoms with Crippen LogP contribution in [0.1, 0.15) is 25.8 Å². The monoisotopic (exact) mass is 248 g/mol. The lowest BCUT2D eigenvalue weighted by molar-refractivity contribution is -0.124. The highest BCUT2D eigenvalue weighted by Crippen LogP contribution is 2.31. The Balaban J connectivity index is 2.45. The first-order valence-electron chi connectivity index (χ1n) is 5.74. The molecule has 0 spiro atoms. The van der Waals surface area contributed by atoms with E-state index in [1.165, 1.54) is 0 Å². The van der Waals surface area contributed by atoms with E-state index in [2.05, 4.69) is 24.5 Å². The van der Waals surface area contributed by atoms with Crippen molar-refractivity contribution >= 4 is 23.2 Å². The van der Waals surface area contributed by atoms with Crippen molar-refractivity contribution in [3.8, 4) is 0 Å². The average Bonchev–Trinajstić information content (AvgIpc) is 2.55. The van der Waals surface area contributed by atoms with Crippen LogP contribution in [0, 0.1) is 5.92 Å². The molecule has 1 aromatic carbocycles. The zero-order valence-electron chi connectivity index (χ0n) is 9.99. The molecule has 1 aliphatic heterocycles. The Morgan fingerprint density at radius 3 is 2.41 bits per heavy atom. The Bertz CT molecular complexity index is 444. The van der Waals surface area contributed by atoms with Gasteiger partial charge in [0.05, 0.1) is 0 Å². The lowest BCUT2D eigenvalue weighted by Gasteiger charge is -2.28. The minimum atomic E-state index is -0.702. The normalized spacial score (nSPS) is 23.7. The maximum absolute atomic E-state index is 12.2. The summed E-state index contributed by atoms with van der Waals surface area (Å²) in [6.07, 6.45) is 0.725. The Labute approximate surface area is 107 Å². The summed E-state index contributed by atoms with van der Waals surface area (Å²) in [5.41, 5.74) is 0.262. The summed E-state index contributed by atoms with van der Waals surface area (Å²) < 4.78 is 0. The second kappa shape index (κ2) is 4.45. The van der Waals surface area contributed by atoms with Crippen molar-refractivity contribution in [3.05, 3.63) is 35.9 Å². The summed E-state index contributed by atoms with van der Waals surface area (Å²) in [6.45, 7) is 4.20. The number of hydrogen-bond donors (Lipinski definition) is 2. The van der Waals surface area contributed by atoms with E-state index >= 15 is 0 Å². The summed E-state index contributed by atoms with van der Waals surface area (Å²) >= 11 is 5.05. The maximum atomic E-state index is 12.2. The Kier molecular flexibility index (Phi) is 3.15. The first-order valence-corrected chi connectivity index (χ1v) is 6.14. The van der Waals surface area contributed by atoms with Gasteiger partial charge in [-0.1, -0.05) is 44.2 Å². The molecule has 1 fully saturated rings. The van der Waals surface area contributed by atoms with Crippen molar-refractivity contribution in [2.75, 3.05) is 0 Å². The van der Waals surface area contributed by atoms with Crippen LogP contribution in [0.2, 0.25) is 0 Å². The molecule has 0 aliphatic carbocycles. The van der Waals surface area contributed by atoms with E-state index in [-0.39, 0.29) is 5.91 Å². The van der Waals surface area contributed by atoms with Crippen LogP contribution < -0.4 is 10.6 Å². The van der Waals surface area contributed by atoms with Gasteiger partial charge in [0, 0.05) is 0 Å². The molecule has 3 nitrogen and oxygen atoms in total. The molecule has 2 rings (SSSR count). The van der Waals surface area contributed by atoms with E-state index in [9.17, 15) is 4.79 Å². The third kappa shape index (κ3) is 2.17. The Morgan fingerprint density at radius 1 is 1.29 bits per heavy atom. The van der Waals surface area contributed by atoms with Crippen LogP contribution >= 0.6 is 12.2 Å². The standard InChI is InChI=1S/C13H16N2OS/c1-9(2)8-13(10-6-4-3-5-7-10)11(16)14-12(17)15-13/h3-7,9H,8H2,1-2H3,(H2,14,15,16,17). The van der Waals surface area contributed by atoms with Gasteiger partial charge in [-0.05, 0) is 30.1 Å². The van der Waals surface area contributed by atoms with Gasteiger partial charge in [0.1, 0.15) is 5.54 Å². The highest BCUT2D eigenvalue weighted by Gasteiger charge is 2.46. The van der Waals surface area contributed by atoms with Gasteiger partial charge in [-0.2, -0.15) is 0 Å². The fourth-order valence-corrected chi connectivity index (χ4v) is 2.56. The number of rotatable bonds is 3. The van der Waals surface area contributed by atoms with Gasteiger partial charge < -0.3 is 10.6 Å². The predicted octanol–water partition coefficient (Wildman–Crippen LogP) is 1.93. The number of benzene rings is 1. The van der Waals surface area contributed by atoms with E-state index in [4.69, 9.17) is 12.2 Å². The molecule has 17 heavy (non-hydrogen) atoms. The molecular weight excluding hydrogens is 232 g/mol. The smallest absolute Gasteiger partial charge is 0.256 e. The molecule has 1 amide bonds. The molecule has 0 bridgehead atoms. The van der Waals surface area contributed by atoms with Gasteiger partial charge in [0.2, 0.25) is 0 Å². The third-order valence-corrected chi connectivity index (χ3v) is 3.13. The van der Waals surface area contributed by atoms with Gasteiger partial charge in [-0.3, -0.25) is 4.79 Å². The summed E-state index contributed by atoms with van der Waals surface area (Å²) in [4.78, 5) is 12.2. The molecule has 1 aliphatic rings. The van der Waals surface area contributed by atoms with Crippen molar-refractivity contribution in [2.45, 2.75) is 25.8 Å². The van der Waals surface area contributed by atoms with Gasteiger partial charge in [-0.25, -0.2) is 0 Å². The molecule has 2 N–H and O–H groups in total. The first-order chi connectivity index (χ1) is 8.04. The lowest BCUT2D eigenvalue weighted by Crippen LogP contribution is -2.44. The summed E-state index contributed by atoms with van der Waals surface area (Å²) in [6, 6.07) is 9.74. The number of thiocarbonyl (C=S) groups is 1. The van der Waals surface area contributed by atoms with Gasteiger partial charge in [0.25, 0.3) is 5.91 Å². The zero-order chi connectivity index (χ0) is 12.5. The van der Waals surface area contributed by atoms with Gasteiger partial charge >= 0.3 is 0 Å². The van der Waals surface area contributed by atoms with Crippen LogP contribution in [0.15, 0.2) is 30.3 Å². The molecule has 1 saturated heterocycles. The fraction of sp³-hybridized carbons (Fsp3) is 0.385. The topological polar surface area (TPSA) is 41.1 Å². The summed E-state index contributed by atoms with van der Waals surface area (Å²) in [5, 5.41) is 6.24. The minimum Gasteiger partial charge on any atom is -0.344 e. The highest BCUT2D eigenvalue weighted by atomic mass is 32.1. The second-order valence-corrected chi connectivity index (χ2v) is 5.19. The Morgan fingerprint density at radius 2 is 1.94 bits per heavy atom.